The van der Waals surface area contributed by atoms with Crippen LogP contribution in [0.5, 0.6) is 0 Å². The summed E-state index contributed by atoms with van der Waals surface area (Å²) < 4.78 is 21.6. The number of esters is 1. The molecule has 0 unspecified atom stereocenters. The molecule has 1 aliphatic heterocycles. The molecule has 5 atom stereocenters. The van der Waals surface area contributed by atoms with Gasteiger partial charge in [0.25, 0.3) is 5.69 Å². The molecule has 1 aromatic carbocycles. The molecule has 0 spiro atoms. The minimum absolute atomic E-state index is 0.0945. The van der Waals surface area contributed by atoms with Gasteiger partial charge in [0.2, 0.25) is 0 Å². The summed E-state index contributed by atoms with van der Waals surface area (Å²) in [6, 6.07) is 5.24. The van der Waals surface area contributed by atoms with Crippen molar-refractivity contribution >= 4 is 11.7 Å². The Morgan fingerprint density at radius 2 is 1.82 bits per heavy atom. The zero-order valence-corrected chi connectivity index (χ0v) is 16.3. The molecule has 0 amide bonds. The molecule has 0 saturated carbocycles. The molecule has 1 saturated heterocycles. The Morgan fingerprint density at radius 3 is 2.36 bits per heavy atom. The van der Waals surface area contributed by atoms with Gasteiger partial charge in [0.1, 0.15) is 0 Å². The first-order valence-electron chi connectivity index (χ1n) is 9.15. The van der Waals surface area contributed by atoms with Crippen LogP contribution in [-0.4, -0.2) is 62.4 Å². The number of aliphatic hydroxyl groups excluding tert-OH is 1. The molecule has 1 heterocycles. The Hall–Kier alpha value is -2.07. The number of aliphatic hydroxyl groups is 1. The monoisotopic (exact) mass is 397 g/mol. The number of carbonyl (C=O) groups is 1. The summed E-state index contributed by atoms with van der Waals surface area (Å²) in [4.78, 5) is 22.4. The fraction of sp³-hybridized carbons (Fsp3) is 0.632. The molecule has 2 rings (SSSR count). The van der Waals surface area contributed by atoms with E-state index in [2.05, 4.69) is 0 Å². The molecular formula is C19H27NO8. The Labute approximate surface area is 163 Å². The van der Waals surface area contributed by atoms with Gasteiger partial charge in [-0.1, -0.05) is 6.92 Å². The Morgan fingerprint density at radius 1 is 1.21 bits per heavy atom. The second kappa shape index (κ2) is 10.5. The van der Waals surface area contributed by atoms with E-state index in [1.54, 1.807) is 14.2 Å². The number of nitrogens with zero attached hydrogens (tertiary/aromatic N) is 1. The topological polar surface area (TPSA) is 117 Å². The van der Waals surface area contributed by atoms with Crippen LogP contribution in [0, 0.1) is 27.9 Å². The third-order valence-electron chi connectivity index (χ3n) is 5.08. The molecule has 1 aromatic rings. The molecule has 1 N–H and O–H groups in total. The zero-order chi connectivity index (χ0) is 20.7. The number of nitro benzene ring substituents is 1. The van der Waals surface area contributed by atoms with Gasteiger partial charge in [0.05, 0.1) is 36.4 Å². The maximum Gasteiger partial charge on any atom is 0.338 e. The third-order valence-corrected chi connectivity index (χ3v) is 5.08. The molecule has 1 fully saturated rings. The highest BCUT2D eigenvalue weighted by Gasteiger charge is 2.46. The van der Waals surface area contributed by atoms with Gasteiger partial charge in [-0.2, -0.15) is 0 Å². The number of carbonyl (C=O) groups excluding carboxylic acids is 1. The van der Waals surface area contributed by atoms with Crippen LogP contribution >= 0.6 is 0 Å². The highest BCUT2D eigenvalue weighted by atomic mass is 16.6. The maximum atomic E-state index is 12.3. The third kappa shape index (κ3) is 5.26. The number of non-ortho nitro benzene ring substituents is 1. The van der Waals surface area contributed by atoms with E-state index in [0.29, 0.717) is 19.6 Å². The number of hydrogen-bond acceptors (Lipinski definition) is 8. The van der Waals surface area contributed by atoms with Crippen molar-refractivity contribution < 1.29 is 33.8 Å². The molecule has 9 nitrogen and oxygen atoms in total. The highest BCUT2D eigenvalue weighted by Crippen LogP contribution is 2.37. The summed E-state index contributed by atoms with van der Waals surface area (Å²) in [5.41, 5.74) is 0.140. The SMILES string of the molecule is CC[C@@H](COC(=O)c1ccc([N+](=O)[O-])cc1)[C@H]1O[C@@H](O)[C@H](COC)[C@@H]1COC. The van der Waals surface area contributed by atoms with Crippen molar-refractivity contribution in [2.24, 2.45) is 17.8 Å². The van der Waals surface area contributed by atoms with Gasteiger partial charge < -0.3 is 24.1 Å². The largest absolute Gasteiger partial charge is 0.462 e. The van der Waals surface area contributed by atoms with E-state index < -0.39 is 17.2 Å². The molecule has 9 heteroatoms. The van der Waals surface area contributed by atoms with Crippen LogP contribution in [0.25, 0.3) is 0 Å². The summed E-state index contributed by atoms with van der Waals surface area (Å²) in [5.74, 6) is -1.03. The summed E-state index contributed by atoms with van der Waals surface area (Å²) in [6.07, 6.45) is -0.639. The first-order valence-corrected chi connectivity index (χ1v) is 9.15. The van der Waals surface area contributed by atoms with Crippen molar-refractivity contribution in [2.75, 3.05) is 34.0 Å². The summed E-state index contributed by atoms with van der Waals surface area (Å²) in [7, 11) is 3.15. The van der Waals surface area contributed by atoms with E-state index in [-0.39, 0.29) is 41.7 Å². The minimum atomic E-state index is -0.968. The zero-order valence-electron chi connectivity index (χ0n) is 16.3. The van der Waals surface area contributed by atoms with Crippen molar-refractivity contribution in [3.8, 4) is 0 Å². The van der Waals surface area contributed by atoms with Crippen LogP contribution in [0.1, 0.15) is 23.7 Å². The van der Waals surface area contributed by atoms with E-state index >= 15 is 0 Å². The molecule has 156 valence electrons. The fourth-order valence-corrected chi connectivity index (χ4v) is 3.52. The number of rotatable bonds is 10. The second-order valence-corrected chi connectivity index (χ2v) is 6.80. The molecule has 0 aliphatic carbocycles. The van der Waals surface area contributed by atoms with E-state index in [1.165, 1.54) is 24.3 Å². The smallest absolute Gasteiger partial charge is 0.338 e. The van der Waals surface area contributed by atoms with Crippen LogP contribution in [0.3, 0.4) is 0 Å². The quantitative estimate of drug-likeness (QED) is 0.362. The van der Waals surface area contributed by atoms with Crippen LogP contribution in [0.4, 0.5) is 5.69 Å². The van der Waals surface area contributed by atoms with Gasteiger partial charge >= 0.3 is 5.97 Å². The first-order chi connectivity index (χ1) is 13.4. The lowest BCUT2D eigenvalue weighted by atomic mass is 9.84. The lowest BCUT2D eigenvalue weighted by Crippen LogP contribution is -2.35. The lowest BCUT2D eigenvalue weighted by molar-refractivity contribution is -0.384. The van der Waals surface area contributed by atoms with Crippen LogP contribution < -0.4 is 0 Å². The van der Waals surface area contributed by atoms with Gasteiger partial charge in [-0.15, -0.1) is 0 Å². The average molecular weight is 397 g/mol. The average Bonchev–Trinajstić information content (AvgIpc) is 2.98. The highest BCUT2D eigenvalue weighted by molar-refractivity contribution is 5.89. The number of benzene rings is 1. The molecule has 0 aromatic heterocycles. The molecule has 1 aliphatic rings. The molecular weight excluding hydrogens is 370 g/mol. The van der Waals surface area contributed by atoms with E-state index in [9.17, 15) is 20.0 Å². The molecule has 0 bridgehead atoms. The fourth-order valence-electron chi connectivity index (χ4n) is 3.52. The van der Waals surface area contributed by atoms with Crippen LogP contribution in [0.2, 0.25) is 0 Å². The number of hydrogen-bond donors (Lipinski definition) is 1. The van der Waals surface area contributed by atoms with E-state index in [1.807, 2.05) is 6.92 Å². The molecule has 28 heavy (non-hydrogen) atoms. The second-order valence-electron chi connectivity index (χ2n) is 6.80. The predicted molar refractivity (Wildman–Crippen MR) is 98.8 cm³/mol. The van der Waals surface area contributed by atoms with Crippen LogP contribution in [-0.2, 0) is 18.9 Å². The van der Waals surface area contributed by atoms with Crippen molar-refractivity contribution in [3.63, 3.8) is 0 Å². The lowest BCUT2D eigenvalue weighted by Gasteiger charge is -2.27. The van der Waals surface area contributed by atoms with Gasteiger partial charge in [-0.25, -0.2) is 4.79 Å². The standard InChI is InChI=1S/C19H27NO8/c1-4-12(17-15(10-25-2)16(11-26-3)19(22)28-17)9-27-18(21)13-5-7-14(8-6-13)20(23)24/h5-8,12,15-17,19,22H,4,9-11H2,1-3H3/t12-,15-,16+,17+,19+/m0/s1. The van der Waals surface area contributed by atoms with E-state index in [4.69, 9.17) is 18.9 Å². The summed E-state index contributed by atoms with van der Waals surface area (Å²) >= 11 is 0. The van der Waals surface area contributed by atoms with Gasteiger partial charge in [0.15, 0.2) is 6.29 Å². The summed E-state index contributed by atoms with van der Waals surface area (Å²) in [6.45, 7) is 2.78. The maximum absolute atomic E-state index is 12.3. The predicted octanol–water partition coefficient (Wildman–Crippen LogP) is 2.02. The normalized spacial score (nSPS) is 25.4. The van der Waals surface area contributed by atoms with Crippen LogP contribution in [0.15, 0.2) is 24.3 Å². The number of nitro groups is 1. The Kier molecular flexibility index (Phi) is 8.31. The van der Waals surface area contributed by atoms with Gasteiger partial charge in [0, 0.05) is 44.1 Å². The number of ether oxygens (including phenoxy) is 4. The van der Waals surface area contributed by atoms with Crippen molar-refractivity contribution in [1.82, 2.24) is 0 Å². The summed E-state index contributed by atoms with van der Waals surface area (Å²) in [5, 5.41) is 20.9. The van der Waals surface area contributed by atoms with Crippen molar-refractivity contribution in [1.29, 1.82) is 0 Å². The Balaban J connectivity index is 2.02. The van der Waals surface area contributed by atoms with Crippen molar-refractivity contribution in [3.05, 3.63) is 39.9 Å². The van der Waals surface area contributed by atoms with Crippen molar-refractivity contribution in [2.45, 2.75) is 25.7 Å². The first kappa shape index (κ1) is 22.2. The minimum Gasteiger partial charge on any atom is -0.462 e. The van der Waals surface area contributed by atoms with Gasteiger partial charge in [-0.3, -0.25) is 10.1 Å². The van der Waals surface area contributed by atoms with E-state index in [0.717, 1.165) is 0 Å². The van der Waals surface area contributed by atoms with Gasteiger partial charge in [-0.05, 0) is 18.6 Å². The Bertz CT molecular complexity index is 650. The number of methoxy groups -OCH3 is 2. The molecule has 0 radical (unpaired) electrons.